The van der Waals surface area contributed by atoms with Gasteiger partial charge in [-0.2, -0.15) is 0 Å². The molecular weight excluding hydrogens is 493 g/mol. The number of aryl methyl sites for hydroxylation is 1. The van der Waals surface area contributed by atoms with Crippen LogP contribution in [-0.4, -0.2) is 36.5 Å². The van der Waals surface area contributed by atoms with Gasteiger partial charge >= 0.3 is 0 Å². The lowest BCUT2D eigenvalue weighted by Crippen LogP contribution is -2.64. The molecule has 2 bridgehead atoms. The summed E-state index contributed by atoms with van der Waals surface area (Å²) in [6.07, 6.45) is 2.39. The van der Waals surface area contributed by atoms with Gasteiger partial charge in [0.1, 0.15) is 11.6 Å². The molecule has 1 fully saturated rings. The molecule has 35 heavy (non-hydrogen) atoms. The molecule has 1 heterocycles. The number of likely N-dealkylation sites (tertiary alicyclic amines) is 1. The number of benzene rings is 2. The summed E-state index contributed by atoms with van der Waals surface area (Å²) in [4.78, 5) is 13.7. The molecule has 194 valence electrons. The van der Waals surface area contributed by atoms with Crippen LogP contribution in [0.2, 0.25) is 0 Å². The molecule has 0 aromatic heterocycles. The first kappa shape index (κ1) is 29.5. The summed E-state index contributed by atoms with van der Waals surface area (Å²) in [6, 6.07) is 8.24. The summed E-state index contributed by atoms with van der Waals surface area (Å²) in [5.74, 6) is -1.15. The first-order chi connectivity index (χ1) is 15.6. The lowest BCUT2D eigenvalue weighted by atomic mass is 9.50. The third-order valence-electron chi connectivity index (χ3n) is 8.35. The Morgan fingerprint density at radius 1 is 1.17 bits per heavy atom. The lowest BCUT2D eigenvalue weighted by molar-refractivity contribution is -0.105. The Bertz CT molecular complexity index is 1050. The summed E-state index contributed by atoms with van der Waals surface area (Å²) in [6.45, 7) is 12.7. The number of fused-ring (bicyclic) bond motifs is 4. The van der Waals surface area contributed by atoms with Crippen molar-refractivity contribution in [2.24, 2.45) is 5.41 Å². The zero-order valence-corrected chi connectivity index (χ0v) is 22.6. The summed E-state index contributed by atoms with van der Waals surface area (Å²) >= 11 is 0. The molecule has 0 radical (unpaired) electrons. The van der Waals surface area contributed by atoms with Crippen molar-refractivity contribution in [3.63, 3.8) is 0 Å². The standard InChI is InChI=1S/C27H34F2N2O2.2ClH/c1-17-9-10-23(30-16-32)19-13-24-26(3,4)27(5,25(17)19)11-12-31(24)14-18(2)33-15-20-21(28)7-6-8-22(20)29;;/h6-10,16,18,24H,11-15H2,1-5H3,(H,30,32);2*1H. The molecule has 3 unspecified atom stereocenters. The fraction of sp³-hybridized carbons (Fsp3) is 0.519. The molecule has 0 saturated carbocycles. The minimum atomic E-state index is -0.577. The maximum atomic E-state index is 14.0. The molecule has 3 atom stereocenters. The average molecular weight is 529 g/mol. The number of halogens is 4. The number of piperidine rings is 1. The topological polar surface area (TPSA) is 41.6 Å². The second kappa shape index (κ2) is 11.1. The minimum absolute atomic E-state index is 0. The minimum Gasteiger partial charge on any atom is -0.372 e. The highest BCUT2D eigenvalue weighted by atomic mass is 35.5. The monoisotopic (exact) mass is 528 g/mol. The largest absolute Gasteiger partial charge is 0.372 e. The maximum absolute atomic E-state index is 14.0. The Morgan fingerprint density at radius 3 is 2.46 bits per heavy atom. The van der Waals surface area contributed by atoms with Crippen molar-refractivity contribution in [2.75, 3.05) is 18.4 Å². The Kier molecular flexibility index (Phi) is 9.37. The van der Waals surface area contributed by atoms with Crippen LogP contribution in [0, 0.1) is 24.0 Å². The van der Waals surface area contributed by atoms with E-state index in [9.17, 15) is 13.6 Å². The molecule has 1 aliphatic heterocycles. The van der Waals surface area contributed by atoms with Crippen molar-refractivity contribution in [3.05, 3.63) is 64.2 Å². The molecule has 4 nitrogen and oxygen atoms in total. The highest BCUT2D eigenvalue weighted by Crippen LogP contribution is 2.57. The first-order valence-electron chi connectivity index (χ1n) is 11.7. The third kappa shape index (κ3) is 5.08. The van der Waals surface area contributed by atoms with Crippen molar-refractivity contribution in [1.29, 1.82) is 0 Å². The number of carbonyl (C=O) groups excluding carboxylic acids is 1. The van der Waals surface area contributed by atoms with Crippen molar-refractivity contribution < 1.29 is 18.3 Å². The zero-order valence-electron chi connectivity index (χ0n) is 21.0. The number of carbonyl (C=O) groups is 1. The summed E-state index contributed by atoms with van der Waals surface area (Å²) < 4.78 is 33.9. The Hall–Kier alpha value is -1.73. The molecule has 2 aromatic rings. The van der Waals surface area contributed by atoms with Gasteiger partial charge < -0.3 is 10.1 Å². The molecule has 4 rings (SSSR count). The van der Waals surface area contributed by atoms with E-state index in [2.05, 4.69) is 44.0 Å². The van der Waals surface area contributed by atoms with Gasteiger partial charge in [-0.25, -0.2) is 8.78 Å². The van der Waals surface area contributed by atoms with E-state index in [-0.39, 0.29) is 60.0 Å². The van der Waals surface area contributed by atoms with Crippen LogP contribution in [0.25, 0.3) is 0 Å². The van der Waals surface area contributed by atoms with Crippen LogP contribution in [-0.2, 0) is 28.0 Å². The number of rotatable bonds is 7. The number of hydrogen-bond donors (Lipinski definition) is 1. The zero-order chi connectivity index (χ0) is 24.0. The molecule has 1 amide bonds. The van der Waals surface area contributed by atoms with E-state index in [0.717, 1.165) is 31.5 Å². The molecule has 1 N–H and O–H groups in total. The predicted octanol–water partition coefficient (Wildman–Crippen LogP) is 6.20. The van der Waals surface area contributed by atoms with Crippen molar-refractivity contribution in [2.45, 2.75) is 71.6 Å². The lowest BCUT2D eigenvalue weighted by Gasteiger charge is -2.61. The van der Waals surface area contributed by atoms with Crippen LogP contribution >= 0.6 is 24.8 Å². The van der Waals surface area contributed by atoms with Gasteiger partial charge in [0.25, 0.3) is 0 Å². The Balaban J connectivity index is 0.00000216. The highest BCUT2D eigenvalue weighted by molar-refractivity contribution is 5.85. The molecule has 2 aromatic carbocycles. The molecular formula is C27H36Cl2F2N2O2. The number of ether oxygens (including phenoxy) is 1. The maximum Gasteiger partial charge on any atom is 0.211 e. The SMILES string of the molecule is Cc1ccc(NC=O)c2c1C1(C)CCN(CC(C)OCc3c(F)cccc3F)C(C2)C1(C)C.Cl.Cl. The smallest absolute Gasteiger partial charge is 0.211 e. The molecule has 1 aliphatic carbocycles. The molecule has 0 spiro atoms. The van der Waals surface area contributed by atoms with Crippen molar-refractivity contribution in [3.8, 4) is 0 Å². The molecule has 8 heteroatoms. The Morgan fingerprint density at radius 2 is 1.83 bits per heavy atom. The van der Waals surface area contributed by atoms with Crippen molar-refractivity contribution in [1.82, 2.24) is 4.90 Å². The second-order valence-electron chi connectivity index (χ2n) is 10.4. The van der Waals surface area contributed by atoms with Crippen LogP contribution in [0.4, 0.5) is 14.5 Å². The van der Waals surface area contributed by atoms with Crippen molar-refractivity contribution >= 4 is 36.9 Å². The van der Waals surface area contributed by atoms with E-state index in [4.69, 9.17) is 4.74 Å². The van der Waals surface area contributed by atoms with Crippen LogP contribution in [0.1, 0.15) is 56.4 Å². The van der Waals surface area contributed by atoms with Gasteiger partial charge in [-0.15, -0.1) is 24.8 Å². The van der Waals surface area contributed by atoms with Crippen LogP contribution in [0.5, 0.6) is 0 Å². The first-order valence-corrected chi connectivity index (χ1v) is 11.7. The summed E-state index contributed by atoms with van der Waals surface area (Å²) in [7, 11) is 0. The van der Waals surface area contributed by atoms with E-state index in [1.807, 2.05) is 13.0 Å². The number of nitrogens with zero attached hydrogens (tertiary/aromatic N) is 1. The van der Waals surface area contributed by atoms with Gasteiger partial charge in [0.2, 0.25) is 6.41 Å². The summed E-state index contributed by atoms with van der Waals surface area (Å²) in [5.41, 5.74) is 4.70. The van der Waals surface area contributed by atoms with E-state index < -0.39 is 11.6 Å². The van der Waals surface area contributed by atoms with Gasteiger partial charge in [-0.1, -0.05) is 32.9 Å². The van der Waals surface area contributed by atoms with Crippen LogP contribution in [0.15, 0.2) is 30.3 Å². The fourth-order valence-corrected chi connectivity index (χ4v) is 6.14. The number of amides is 1. The molecule has 1 saturated heterocycles. The highest BCUT2D eigenvalue weighted by Gasteiger charge is 2.56. The van der Waals surface area contributed by atoms with Gasteiger partial charge in [0.15, 0.2) is 0 Å². The number of anilines is 1. The van der Waals surface area contributed by atoms with Gasteiger partial charge in [-0.05, 0) is 73.5 Å². The van der Waals surface area contributed by atoms with E-state index in [1.54, 1.807) is 0 Å². The number of hydrogen-bond acceptors (Lipinski definition) is 3. The molecule has 2 aliphatic rings. The van der Waals surface area contributed by atoms with Gasteiger partial charge in [0.05, 0.1) is 12.7 Å². The van der Waals surface area contributed by atoms with E-state index in [0.29, 0.717) is 6.54 Å². The average Bonchev–Trinajstić information content (AvgIpc) is 2.74. The quantitative estimate of drug-likeness (QED) is 0.434. The van der Waals surface area contributed by atoms with Gasteiger partial charge in [0, 0.05) is 29.3 Å². The van der Waals surface area contributed by atoms with Gasteiger partial charge in [-0.3, -0.25) is 9.69 Å². The predicted molar refractivity (Wildman–Crippen MR) is 141 cm³/mol. The number of nitrogens with one attached hydrogen (secondary N) is 1. The summed E-state index contributed by atoms with van der Waals surface area (Å²) in [5, 5.41) is 2.91. The van der Waals surface area contributed by atoms with E-state index in [1.165, 1.54) is 34.9 Å². The van der Waals surface area contributed by atoms with E-state index >= 15 is 0 Å². The second-order valence-corrected chi connectivity index (χ2v) is 10.4. The van der Waals surface area contributed by atoms with Crippen LogP contribution in [0.3, 0.4) is 0 Å². The Labute approximate surface area is 219 Å². The fourth-order valence-electron chi connectivity index (χ4n) is 6.14. The third-order valence-corrected chi connectivity index (χ3v) is 8.35. The van der Waals surface area contributed by atoms with Crippen LogP contribution < -0.4 is 5.32 Å². The normalized spacial score (nSPS) is 23.3.